The molecule has 0 saturated carbocycles. The van der Waals surface area contributed by atoms with Crippen LogP contribution in [0.2, 0.25) is 0 Å². The molecule has 2 aromatic carbocycles. The summed E-state index contributed by atoms with van der Waals surface area (Å²) in [6.45, 7) is -0.481. The van der Waals surface area contributed by atoms with Gasteiger partial charge in [0.2, 0.25) is 0 Å². The van der Waals surface area contributed by atoms with E-state index in [1.807, 2.05) is 6.07 Å². The average molecular weight is 374 g/mol. The molecule has 0 fully saturated rings. The average Bonchev–Trinajstić information content (AvgIpc) is 3.07. The summed E-state index contributed by atoms with van der Waals surface area (Å²) in [6.07, 6.45) is 2.91. The SMILES string of the molecule is O=C(O)CNC(=O)c1ccc(NS(=O)(=O)c2ccc3c(c2)CCC3)cc1. The number of aryl methyl sites for hydroxylation is 2. The first-order valence-corrected chi connectivity index (χ1v) is 9.58. The number of carbonyl (C=O) groups excluding carboxylic acids is 1. The van der Waals surface area contributed by atoms with E-state index in [9.17, 15) is 18.0 Å². The first kappa shape index (κ1) is 17.9. The lowest BCUT2D eigenvalue weighted by Crippen LogP contribution is -2.29. The number of anilines is 1. The van der Waals surface area contributed by atoms with Crippen LogP contribution in [0.25, 0.3) is 0 Å². The lowest BCUT2D eigenvalue weighted by Gasteiger charge is -2.10. The highest BCUT2D eigenvalue weighted by atomic mass is 32.2. The fourth-order valence-electron chi connectivity index (χ4n) is 2.88. The van der Waals surface area contributed by atoms with Gasteiger partial charge in [-0.25, -0.2) is 8.42 Å². The Balaban J connectivity index is 1.72. The van der Waals surface area contributed by atoms with E-state index in [1.165, 1.54) is 29.8 Å². The topological polar surface area (TPSA) is 113 Å². The number of hydrogen-bond donors (Lipinski definition) is 3. The first-order valence-electron chi connectivity index (χ1n) is 8.10. The summed E-state index contributed by atoms with van der Waals surface area (Å²) in [5, 5.41) is 10.8. The lowest BCUT2D eigenvalue weighted by atomic mass is 10.1. The first-order chi connectivity index (χ1) is 12.3. The van der Waals surface area contributed by atoms with E-state index >= 15 is 0 Å². The molecule has 0 bridgehead atoms. The van der Waals surface area contributed by atoms with E-state index in [-0.39, 0.29) is 10.5 Å². The van der Waals surface area contributed by atoms with Crippen molar-refractivity contribution in [2.45, 2.75) is 24.2 Å². The van der Waals surface area contributed by atoms with Crippen LogP contribution >= 0.6 is 0 Å². The Labute approximate surface area is 151 Å². The molecule has 26 heavy (non-hydrogen) atoms. The van der Waals surface area contributed by atoms with Crippen molar-refractivity contribution in [1.82, 2.24) is 5.32 Å². The van der Waals surface area contributed by atoms with Crippen molar-refractivity contribution in [3.8, 4) is 0 Å². The molecule has 1 aliphatic rings. The van der Waals surface area contributed by atoms with Crippen molar-refractivity contribution in [1.29, 1.82) is 0 Å². The number of aliphatic carboxylic acids is 1. The summed E-state index contributed by atoms with van der Waals surface area (Å²) < 4.78 is 27.6. The van der Waals surface area contributed by atoms with Gasteiger partial charge < -0.3 is 10.4 Å². The molecule has 1 aliphatic carbocycles. The minimum Gasteiger partial charge on any atom is -0.480 e. The van der Waals surface area contributed by atoms with Crippen LogP contribution in [0.4, 0.5) is 5.69 Å². The highest BCUT2D eigenvalue weighted by Crippen LogP contribution is 2.25. The number of carboxylic acids is 1. The molecule has 136 valence electrons. The standard InChI is InChI=1S/C18H18N2O5S/c21-17(22)11-19-18(23)13-4-7-15(8-5-13)20-26(24,25)16-9-6-12-2-1-3-14(12)10-16/h4-10,20H,1-3,11H2,(H,19,23)(H,21,22). The van der Waals surface area contributed by atoms with Crippen molar-refractivity contribution in [3.05, 3.63) is 59.2 Å². The number of carbonyl (C=O) groups is 2. The summed E-state index contributed by atoms with van der Waals surface area (Å²) in [5.74, 6) is -1.68. The molecule has 1 amide bonds. The van der Waals surface area contributed by atoms with Gasteiger partial charge in [0.1, 0.15) is 6.54 Å². The van der Waals surface area contributed by atoms with Crippen LogP contribution in [0.1, 0.15) is 27.9 Å². The minimum atomic E-state index is -3.72. The Bertz CT molecular complexity index is 952. The van der Waals surface area contributed by atoms with E-state index in [0.717, 1.165) is 24.8 Å². The third kappa shape index (κ3) is 4.02. The van der Waals surface area contributed by atoms with Gasteiger partial charge in [-0.2, -0.15) is 0 Å². The maximum Gasteiger partial charge on any atom is 0.322 e. The van der Waals surface area contributed by atoms with Gasteiger partial charge in [-0.1, -0.05) is 6.07 Å². The molecular weight excluding hydrogens is 356 g/mol. The highest BCUT2D eigenvalue weighted by Gasteiger charge is 2.18. The van der Waals surface area contributed by atoms with Gasteiger partial charge in [-0.3, -0.25) is 14.3 Å². The van der Waals surface area contributed by atoms with Crippen molar-refractivity contribution < 1.29 is 23.1 Å². The number of nitrogens with one attached hydrogen (secondary N) is 2. The Morgan fingerprint density at radius 2 is 1.69 bits per heavy atom. The Hall–Kier alpha value is -2.87. The number of benzene rings is 2. The molecule has 0 aromatic heterocycles. The smallest absolute Gasteiger partial charge is 0.322 e. The molecule has 0 aliphatic heterocycles. The summed E-state index contributed by atoms with van der Waals surface area (Å²) in [7, 11) is -3.72. The molecule has 2 aromatic rings. The Morgan fingerprint density at radius 1 is 1.00 bits per heavy atom. The van der Waals surface area contributed by atoms with Crippen LogP contribution in [0.5, 0.6) is 0 Å². The van der Waals surface area contributed by atoms with E-state index in [1.54, 1.807) is 12.1 Å². The Morgan fingerprint density at radius 3 is 2.38 bits per heavy atom. The number of hydrogen-bond acceptors (Lipinski definition) is 4. The number of sulfonamides is 1. The minimum absolute atomic E-state index is 0.210. The molecule has 0 unspecified atom stereocenters. The second-order valence-corrected chi connectivity index (χ2v) is 7.73. The zero-order valence-corrected chi connectivity index (χ0v) is 14.7. The molecule has 0 heterocycles. The van der Waals surface area contributed by atoms with E-state index in [4.69, 9.17) is 5.11 Å². The fourth-order valence-corrected chi connectivity index (χ4v) is 3.99. The molecule has 0 spiro atoms. The van der Waals surface area contributed by atoms with Gasteiger partial charge in [0.05, 0.1) is 4.90 Å². The maximum atomic E-state index is 12.5. The van der Waals surface area contributed by atoms with Crippen molar-refractivity contribution in [2.24, 2.45) is 0 Å². The monoisotopic (exact) mass is 374 g/mol. The van der Waals surface area contributed by atoms with Gasteiger partial charge in [0.25, 0.3) is 15.9 Å². The largest absolute Gasteiger partial charge is 0.480 e. The van der Waals surface area contributed by atoms with Crippen LogP contribution in [0.3, 0.4) is 0 Å². The maximum absolute atomic E-state index is 12.5. The van der Waals surface area contributed by atoms with Crippen LogP contribution in [-0.2, 0) is 27.7 Å². The van der Waals surface area contributed by atoms with Crippen molar-refractivity contribution in [2.75, 3.05) is 11.3 Å². The van der Waals surface area contributed by atoms with Crippen molar-refractivity contribution in [3.63, 3.8) is 0 Å². The number of fused-ring (bicyclic) bond motifs is 1. The van der Waals surface area contributed by atoms with Crippen LogP contribution in [-0.4, -0.2) is 31.9 Å². The summed E-state index contributed by atoms with van der Waals surface area (Å²) >= 11 is 0. The lowest BCUT2D eigenvalue weighted by molar-refractivity contribution is -0.135. The molecule has 0 saturated heterocycles. The zero-order valence-electron chi connectivity index (χ0n) is 13.9. The second kappa shape index (κ2) is 7.17. The molecule has 3 N–H and O–H groups in total. The summed E-state index contributed by atoms with van der Waals surface area (Å²) in [4.78, 5) is 22.4. The van der Waals surface area contributed by atoms with Crippen LogP contribution < -0.4 is 10.0 Å². The zero-order chi connectivity index (χ0) is 18.7. The van der Waals surface area contributed by atoms with E-state index in [2.05, 4.69) is 10.0 Å². The predicted octanol–water partition coefficient (Wildman–Crippen LogP) is 1.79. The number of carboxylic acid groups (broad SMARTS) is 1. The molecule has 0 atom stereocenters. The molecule has 7 nitrogen and oxygen atoms in total. The van der Waals surface area contributed by atoms with E-state index in [0.29, 0.717) is 5.69 Å². The van der Waals surface area contributed by atoms with E-state index < -0.39 is 28.4 Å². The van der Waals surface area contributed by atoms with Crippen LogP contribution in [0, 0.1) is 0 Å². The third-order valence-electron chi connectivity index (χ3n) is 4.18. The second-order valence-electron chi connectivity index (χ2n) is 6.04. The quantitative estimate of drug-likeness (QED) is 0.714. The van der Waals surface area contributed by atoms with Gasteiger partial charge in [0.15, 0.2) is 0 Å². The summed E-state index contributed by atoms with van der Waals surface area (Å²) in [5.41, 5.74) is 2.83. The molecule has 0 radical (unpaired) electrons. The fraction of sp³-hybridized carbons (Fsp3) is 0.222. The van der Waals surface area contributed by atoms with Crippen LogP contribution in [0.15, 0.2) is 47.4 Å². The van der Waals surface area contributed by atoms with Gasteiger partial charge in [-0.05, 0) is 66.8 Å². The third-order valence-corrected chi connectivity index (χ3v) is 5.56. The normalized spacial score (nSPS) is 13.1. The number of amides is 1. The van der Waals surface area contributed by atoms with Crippen molar-refractivity contribution >= 4 is 27.6 Å². The van der Waals surface area contributed by atoms with Gasteiger partial charge in [-0.15, -0.1) is 0 Å². The van der Waals surface area contributed by atoms with Gasteiger partial charge in [0, 0.05) is 11.3 Å². The summed E-state index contributed by atoms with van der Waals surface area (Å²) in [6, 6.07) is 10.9. The molecule has 8 heteroatoms. The molecule has 3 rings (SSSR count). The number of rotatable bonds is 6. The van der Waals surface area contributed by atoms with Gasteiger partial charge >= 0.3 is 5.97 Å². The molecular formula is C18H18N2O5S. The highest BCUT2D eigenvalue weighted by molar-refractivity contribution is 7.92. The Kier molecular flexibility index (Phi) is 4.94. The predicted molar refractivity (Wildman–Crippen MR) is 95.7 cm³/mol.